The maximum Gasteiger partial charge on any atom is 2.00 e. The maximum atomic E-state index is 6.78. The van der Waals surface area contributed by atoms with Crippen LogP contribution in [0, 0.1) is 12.1 Å². The summed E-state index contributed by atoms with van der Waals surface area (Å²) in [5.74, 6) is 2.59. The molecule has 0 saturated carbocycles. The standard InChI is InChI=1S/C44H33N3O2.Pt/c1-26(2)31-16-10-17-32(27(3)4)42(31)47-37-19-7-6-18-36(37)46-44(47)29-12-9-14-30(24-29)48-39-25-35-33(22-21-28-13-11-23-45-41(28)35)43-40(39)34-15-5-8-20-38(34)49-43;/h5-23,26-27H,1-4H3;/q-2;+2. The van der Waals surface area contributed by atoms with Crippen LogP contribution < -0.4 is 4.74 Å². The third-order valence-electron chi connectivity index (χ3n) is 9.43. The van der Waals surface area contributed by atoms with Gasteiger partial charge in [-0.15, -0.1) is 29.1 Å². The zero-order valence-corrected chi connectivity index (χ0v) is 30.4. The van der Waals surface area contributed by atoms with Gasteiger partial charge in [0.2, 0.25) is 0 Å². The van der Waals surface area contributed by atoms with E-state index in [9.17, 15) is 0 Å². The van der Waals surface area contributed by atoms with Crippen molar-refractivity contribution in [3.8, 4) is 28.6 Å². The van der Waals surface area contributed by atoms with Gasteiger partial charge in [-0.2, -0.15) is 0 Å². The number of benzene rings is 6. The molecule has 0 aliphatic rings. The second kappa shape index (κ2) is 12.6. The van der Waals surface area contributed by atoms with Crippen LogP contribution in [0.1, 0.15) is 50.7 Å². The van der Waals surface area contributed by atoms with Crippen molar-refractivity contribution in [2.24, 2.45) is 0 Å². The fraction of sp³-hybridized carbons (Fsp3) is 0.136. The molecule has 0 unspecified atom stereocenters. The Hall–Kier alpha value is -5.25. The molecular weight excluding hydrogens is 798 g/mol. The molecule has 9 rings (SSSR count). The van der Waals surface area contributed by atoms with Crippen LogP contribution in [0.5, 0.6) is 11.5 Å². The first-order valence-corrected chi connectivity index (χ1v) is 16.8. The second-order valence-electron chi connectivity index (χ2n) is 13.2. The molecule has 0 N–H and O–H groups in total. The summed E-state index contributed by atoms with van der Waals surface area (Å²) in [6, 6.07) is 44.4. The number of rotatable bonds is 6. The summed E-state index contributed by atoms with van der Waals surface area (Å²) in [5.41, 5.74) is 8.96. The van der Waals surface area contributed by atoms with Gasteiger partial charge in [0.05, 0.1) is 28.2 Å². The zero-order chi connectivity index (χ0) is 33.2. The van der Waals surface area contributed by atoms with E-state index < -0.39 is 0 Å². The smallest absolute Gasteiger partial charge is 0.496 e. The summed E-state index contributed by atoms with van der Waals surface area (Å²) in [6.07, 6.45) is 1.81. The fourth-order valence-corrected chi connectivity index (χ4v) is 7.12. The Bertz CT molecular complexity index is 2700. The number of hydrogen-bond donors (Lipinski definition) is 0. The molecule has 0 bridgehead atoms. The van der Waals surface area contributed by atoms with E-state index in [-0.39, 0.29) is 21.1 Å². The van der Waals surface area contributed by atoms with Gasteiger partial charge in [-0.1, -0.05) is 112 Å². The molecule has 0 radical (unpaired) electrons. The van der Waals surface area contributed by atoms with E-state index in [0.717, 1.165) is 66.0 Å². The summed E-state index contributed by atoms with van der Waals surface area (Å²) in [6.45, 7) is 9.01. The van der Waals surface area contributed by atoms with Crippen molar-refractivity contribution in [2.45, 2.75) is 39.5 Å². The van der Waals surface area contributed by atoms with E-state index in [2.05, 4.69) is 111 Å². The van der Waals surface area contributed by atoms with Crippen LogP contribution in [0.2, 0.25) is 0 Å². The molecule has 0 spiro atoms. The molecule has 0 atom stereocenters. The predicted molar refractivity (Wildman–Crippen MR) is 199 cm³/mol. The van der Waals surface area contributed by atoms with Gasteiger partial charge in [0.15, 0.2) is 0 Å². The maximum absolute atomic E-state index is 6.78. The van der Waals surface area contributed by atoms with Gasteiger partial charge in [0, 0.05) is 17.6 Å². The van der Waals surface area contributed by atoms with Crippen molar-refractivity contribution in [3.05, 3.63) is 139 Å². The molecule has 246 valence electrons. The van der Waals surface area contributed by atoms with Crippen LogP contribution in [-0.2, 0) is 21.1 Å². The summed E-state index contributed by atoms with van der Waals surface area (Å²) >= 11 is 0. The van der Waals surface area contributed by atoms with Crippen molar-refractivity contribution >= 4 is 54.6 Å². The topological polar surface area (TPSA) is 53.1 Å². The van der Waals surface area contributed by atoms with Crippen LogP contribution in [0.4, 0.5) is 0 Å². The van der Waals surface area contributed by atoms with Gasteiger partial charge < -0.3 is 18.7 Å². The molecule has 3 heterocycles. The molecule has 0 saturated heterocycles. The monoisotopic (exact) mass is 830 g/mol. The van der Waals surface area contributed by atoms with E-state index in [1.807, 2.05) is 48.7 Å². The Morgan fingerprint density at radius 3 is 2.30 bits per heavy atom. The van der Waals surface area contributed by atoms with Crippen LogP contribution in [0.15, 0.2) is 120 Å². The first kappa shape index (κ1) is 32.0. The fourth-order valence-electron chi connectivity index (χ4n) is 7.12. The molecule has 0 fully saturated rings. The first-order valence-electron chi connectivity index (χ1n) is 16.8. The number of ether oxygens (including phenoxy) is 1. The molecule has 6 aromatic carbocycles. The minimum absolute atomic E-state index is 0. The number of nitrogens with zero attached hydrogens (tertiary/aromatic N) is 3. The predicted octanol–water partition coefficient (Wildman–Crippen LogP) is 11.9. The molecule has 0 aliphatic heterocycles. The number of fused-ring (bicyclic) bond motifs is 8. The van der Waals surface area contributed by atoms with Crippen molar-refractivity contribution in [3.63, 3.8) is 0 Å². The van der Waals surface area contributed by atoms with Crippen LogP contribution in [0.3, 0.4) is 0 Å². The Morgan fingerprint density at radius 1 is 0.720 bits per heavy atom. The number of pyridine rings is 1. The molecule has 5 nitrogen and oxygen atoms in total. The van der Waals surface area contributed by atoms with Gasteiger partial charge >= 0.3 is 21.1 Å². The quantitative estimate of drug-likeness (QED) is 0.124. The molecule has 0 aliphatic carbocycles. The third-order valence-corrected chi connectivity index (χ3v) is 9.43. The molecule has 6 heteroatoms. The average Bonchev–Trinajstić information content (AvgIpc) is 3.71. The SMILES string of the molecule is CC(C)c1cccc(C(C)C)c1-n1c(-c2[c-]c(Oc3[c-]c4c(ccc5cccnc54)c4oc5ccccc5c34)ccc2)nc2ccccc21.[Pt+2]. The van der Waals surface area contributed by atoms with Crippen molar-refractivity contribution in [1.82, 2.24) is 14.5 Å². The Balaban J connectivity index is 0.00000361. The van der Waals surface area contributed by atoms with Gasteiger partial charge in [0.1, 0.15) is 5.58 Å². The number of aromatic nitrogens is 3. The summed E-state index contributed by atoms with van der Waals surface area (Å²) in [5, 5.41) is 4.67. The summed E-state index contributed by atoms with van der Waals surface area (Å²) in [7, 11) is 0. The minimum atomic E-state index is 0. The second-order valence-corrected chi connectivity index (χ2v) is 13.2. The van der Waals surface area contributed by atoms with Crippen molar-refractivity contribution in [1.29, 1.82) is 0 Å². The Morgan fingerprint density at radius 2 is 1.48 bits per heavy atom. The number of furan rings is 1. The molecule has 50 heavy (non-hydrogen) atoms. The van der Waals surface area contributed by atoms with E-state index in [1.54, 1.807) is 0 Å². The molecular formula is C44H33N3O2Pt. The Kier molecular flexibility index (Phi) is 8.04. The first-order chi connectivity index (χ1) is 24.0. The van der Waals surface area contributed by atoms with Crippen molar-refractivity contribution in [2.75, 3.05) is 0 Å². The van der Waals surface area contributed by atoms with Gasteiger partial charge in [-0.25, -0.2) is 0 Å². The van der Waals surface area contributed by atoms with Gasteiger partial charge in [-0.3, -0.25) is 4.98 Å². The zero-order valence-electron chi connectivity index (χ0n) is 28.1. The van der Waals surface area contributed by atoms with E-state index >= 15 is 0 Å². The molecule has 9 aromatic rings. The number of para-hydroxylation sites is 4. The van der Waals surface area contributed by atoms with E-state index in [1.165, 1.54) is 16.8 Å². The van der Waals surface area contributed by atoms with Crippen molar-refractivity contribution < 1.29 is 30.2 Å². The minimum Gasteiger partial charge on any atom is -0.496 e. The van der Waals surface area contributed by atoms with Gasteiger partial charge in [0.25, 0.3) is 0 Å². The third kappa shape index (κ3) is 5.11. The molecule has 3 aromatic heterocycles. The Labute approximate surface area is 304 Å². The van der Waals surface area contributed by atoms with Crippen LogP contribution in [0.25, 0.3) is 71.7 Å². The van der Waals surface area contributed by atoms with Gasteiger partial charge in [-0.05, 0) is 68.9 Å². The van der Waals surface area contributed by atoms with Crippen LogP contribution >= 0.6 is 0 Å². The molecule has 0 amide bonds. The van der Waals surface area contributed by atoms with E-state index in [4.69, 9.17) is 19.1 Å². The largest absolute Gasteiger partial charge is 2.00 e. The van der Waals surface area contributed by atoms with Crippen LogP contribution in [-0.4, -0.2) is 14.5 Å². The number of hydrogen-bond acceptors (Lipinski definition) is 4. The van der Waals surface area contributed by atoms with E-state index in [0.29, 0.717) is 23.3 Å². The summed E-state index contributed by atoms with van der Waals surface area (Å²) < 4.78 is 15.6. The summed E-state index contributed by atoms with van der Waals surface area (Å²) in [4.78, 5) is 9.93. The average molecular weight is 831 g/mol. The number of imidazole rings is 1. The normalized spacial score (nSPS) is 11.8.